The third-order valence-electron chi connectivity index (χ3n) is 4.57. The molecule has 1 amide bonds. The van der Waals surface area contributed by atoms with Crippen molar-refractivity contribution >= 4 is 35.1 Å². The number of nitrogen functional groups attached to an aromatic ring is 1. The Morgan fingerprint density at radius 3 is 2.79 bits per heavy atom. The standard InChI is InChI=1S/C18H20F3N5OS/c1-10-14(24-17(22)25-16(10)28-2)26-8-4-7-13(26)15(27)23-12-6-3-5-11(9-12)18(19,20)21/h3,5-6,9,13H,4,7-8H2,1-2H3,(H,23,27)(H2,22,24,25)/t13-/m1/s1. The molecule has 3 N–H and O–H groups in total. The number of hydrogen-bond acceptors (Lipinski definition) is 6. The summed E-state index contributed by atoms with van der Waals surface area (Å²) in [4.78, 5) is 23.1. The lowest BCUT2D eigenvalue weighted by atomic mass is 10.1. The van der Waals surface area contributed by atoms with Crippen LogP contribution in [0.25, 0.3) is 0 Å². The van der Waals surface area contributed by atoms with Crippen LogP contribution in [-0.4, -0.2) is 34.7 Å². The lowest BCUT2D eigenvalue weighted by Crippen LogP contribution is -2.40. The normalized spacial score (nSPS) is 17.0. The maximum atomic E-state index is 12.9. The minimum atomic E-state index is -4.47. The fraction of sp³-hybridized carbons (Fsp3) is 0.389. The number of hydrogen-bond donors (Lipinski definition) is 2. The van der Waals surface area contributed by atoms with Gasteiger partial charge in [0.25, 0.3) is 0 Å². The Morgan fingerprint density at radius 2 is 2.11 bits per heavy atom. The highest BCUT2D eigenvalue weighted by atomic mass is 32.2. The average Bonchev–Trinajstić information content (AvgIpc) is 3.12. The van der Waals surface area contributed by atoms with Gasteiger partial charge in [-0.2, -0.15) is 18.2 Å². The van der Waals surface area contributed by atoms with Crippen LogP contribution in [0.3, 0.4) is 0 Å². The largest absolute Gasteiger partial charge is 0.416 e. The van der Waals surface area contributed by atoms with Crippen LogP contribution in [0.2, 0.25) is 0 Å². The van der Waals surface area contributed by atoms with Gasteiger partial charge in [0.2, 0.25) is 11.9 Å². The van der Waals surface area contributed by atoms with Crippen LogP contribution in [0.5, 0.6) is 0 Å². The van der Waals surface area contributed by atoms with Crippen molar-refractivity contribution in [1.82, 2.24) is 9.97 Å². The first kappa shape index (κ1) is 20.2. The van der Waals surface area contributed by atoms with Crippen LogP contribution in [0.1, 0.15) is 24.0 Å². The second-order valence-electron chi connectivity index (χ2n) is 6.46. The van der Waals surface area contributed by atoms with Crippen molar-refractivity contribution in [1.29, 1.82) is 0 Å². The average molecular weight is 411 g/mol. The Bertz CT molecular complexity index is 890. The molecule has 2 heterocycles. The van der Waals surface area contributed by atoms with E-state index in [4.69, 9.17) is 5.73 Å². The molecule has 1 saturated heterocycles. The van der Waals surface area contributed by atoms with E-state index < -0.39 is 17.8 Å². The van der Waals surface area contributed by atoms with Crippen molar-refractivity contribution in [2.24, 2.45) is 0 Å². The van der Waals surface area contributed by atoms with Crippen LogP contribution in [0, 0.1) is 6.92 Å². The molecule has 0 unspecified atom stereocenters. The van der Waals surface area contributed by atoms with Crippen LogP contribution in [0.15, 0.2) is 29.3 Å². The molecule has 0 saturated carbocycles. The highest BCUT2D eigenvalue weighted by Crippen LogP contribution is 2.33. The summed E-state index contributed by atoms with van der Waals surface area (Å²) in [7, 11) is 0. The second kappa shape index (κ2) is 7.86. The number of rotatable bonds is 4. The third kappa shape index (κ3) is 4.16. The van der Waals surface area contributed by atoms with E-state index in [0.29, 0.717) is 18.8 Å². The third-order valence-corrected chi connectivity index (χ3v) is 5.36. The van der Waals surface area contributed by atoms with E-state index in [-0.39, 0.29) is 17.5 Å². The Morgan fingerprint density at radius 1 is 1.36 bits per heavy atom. The molecule has 1 aliphatic heterocycles. The number of nitrogens with one attached hydrogen (secondary N) is 1. The zero-order valence-corrected chi connectivity index (χ0v) is 16.2. The first-order valence-corrected chi connectivity index (χ1v) is 9.86. The van der Waals surface area contributed by atoms with Gasteiger partial charge in [-0.15, -0.1) is 11.8 Å². The topological polar surface area (TPSA) is 84.1 Å². The highest BCUT2D eigenvalue weighted by molar-refractivity contribution is 7.98. The summed E-state index contributed by atoms with van der Waals surface area (Å²) in [6, 6.07) is 4.06. The predicted octanol–water partition coefficient (Wildman–Crippen LogP) is 3.72. The number of benzene rings is 1. The van der Waals surface area contributed by atoms with Crippen LogP contribution < -0.4 is 16.0 Å². The fourth-order valence-electron chi connectivity index (χ4n) is 3.27. The van der Waals surface area contributed by atoms with Gasteiger partial charge in [0.05, 0.1) is 5.56 Å². The van der Waals surface area contributed by atoms with Crippen molar-refractivity contribution in [3.05, 3.63) is 35.4 Å². The molecule has 10 heteroatoms. The molecule has 0 radical (unpaired) electrons. The van der Waals surface area contributed by atoms with Gasteiger partial charge in [-0.05, 0) is 44.2 Å². The molecule has 2 aromatic rings. The van der Waals surface area contributed by atoms with E-state index in [9.17, 15) is 18.0 Å². The number of anilines is 3. The molecule has 1 aromatic carbocycles. The van der Waals surface area contributed by atoms with Gasteiger partial charge in [-0.3, -0.25) is 4.79 Å². The summed E-state index contributed by atoms with van der Waals surface area (Å²) in [6.07, 6.45) is -1.26. The smallest absolute Gasteiger partial charge is 0.368 e. The van der Waals surface area contributed by atoms with Crippen molar-refractivity contribution in [3.8, 4) is 0 Å². The highest BCUT2D eigenvalue weighted by Gasteiger charge is 2.34. The zero-order chi connectivity index (χ0) is 20.5. The number of halogens is 3. The molecule has 150 valence electrons. The molecule has 0 spiro atoms. The summed E-state index contributed by atoms with van der Waals surface area (Å²) in [6.45, 7) is 2.46. The summed E-state index contributed by atoms with van der Waals surface area (Å²) >= 11 is 1.43. The minimum Gasteiger partial charge on any atom is -0.368 e. The Hall–Kier alpha value is -2.49. The monoisotopic (exact) mass is 411 g/mol. The van der Waals surface area contributed by atoms with Crippen molar-refractivity contribution in [2.75, 3.05) is 28.8 Å². The van der Waals surface area contributed by atoms with E-state index in [2.05, 4.69) is 15.3 Å². The predicted molar refractivity (Wildman–Crippen MR) is 103 cm³/mol. The molecule has 1 aromatic heterocycles. The number of thioether (sulfide) groups is 1. The molecule has 1 aliphatic rings. The Labute approximate surface area is 164 Å². The van der Waals surface area contributed by atoms with E-state index in [0.717, 1.165) is 29.1 Å². The molecular formula is C18H20F3N5OS. The summed E-state index contributed by atoms with van der Waals surface area (Å²) < 4.78 is 38.7. The molecule has 3 rings (SSSR count). The van der Waals surface area contributed by atoms with Gasteiger partial charge in [0.15, 0.2) is 0 Å². The van der Waals surface area contributed by atoms with Crippen LogP contribution >= 0.6 is 11.8 Å². The van der Waals surface area contributed by atoms with E-state index in [1.807, 2.05) is 18.1 Å². The van der Waals surface area contributed by atoms with Crippen molar-refractivity contribution in [3.63, 3.8) is 0 Å². The van der Waals surface area contributed by atoms with Gasteiger partial charge in [0, 0.05) is 17.8 Å². The lowest BCUT2D eigenvalue weighted by Gasteiger charge is -2.27. The fourth-order valence-corrected chi connectivity index (χ4v) is 3.85. The SMILES string of the molecule is CSc1nc(N)nc(N2CCC[C@@H]2C(=O)Nc2cccc(C(F)(F)F)c2)c1C. The van der Waals surface area contributed by atoms with Gasteiger partial charge >= 0.3 is 6.18 Å². The molecule has 1 atom stereocenters. The number of carbonyl (C=O) groups is 1. The number of amides is 1. The summed E-state index contributed by atoms with van der Waals surface area (Å²) in [5.74, 6) is 0.325. The maximum absolute atomic E-state index is 12.9. The maximum Gasteiger partial charge on any atom is 0.416 e. The van der Waals surface area contributed by atoms with Crippen molar-refractivity contribution in [2.45, 2.75) is 37.0 Å². The zero-order valence-electron chi connectivity index (χ0n) is 15.4. The number of nitrogens with zero attached hydrogens (tertiary/aromatic N) is 3. The molecule has 6 nitrogen and oxygen atoms in total. The number of nitrogens with two attached hydrogens (primary N) is 1. The molecule has 1 fully saturated rings. The quantitative estimate of drug-likeness (QED) is 0.589. The lowest BCUT2D eigenvalue weighted by molar-refractivity contribution is -0.137. The first-order chi connectivity index (χ1) is 13.2. The number of aromatic nitrogens is 2. The second-order valence-corrected chi connectivity index (χ2v) is 7.25. The molecule has 0 bridgehead atoms. The van der Waals surface area contributed by atoms with Gasteiger partial charge in [-0.1, -0.05) is 6.07 Å². The van der Waals surface area contributed by atoms with E-state index in [1.54, 1.807) is 0 Å². The molecule has 28 heavy (non-hydrogen) atoms. The number of carbonyl (C=O) groups excluding carboxylic acids is 1. The van der Waals surface area contributed by atoms with Crippen molar-refractivity contribution < 1.29 is 18.0 Å². The summed E-state index contributed by atoms with van der Waals surface area (Å²) in [5.41, 5.74) is 5.92. The van der Waals surface area contributed by atoms with E-state index in [1.165, 1.54) is 23.9 Å². The number of alkyl halides is 3. The minimum absolute atomic E-state index is 0.107. The first-order valence-electron chi connectivity index (χ1n) is 8.63. The van der Waals surface area contributed by atoms with Crippen LogP contribution in [-0.2, 0) is 11.0 Å². The molecule has 0 aliphatic carbocycles. The Balaban J connectivity index is 1.84. The summed E-state index contributed by atoms with van der Waals surface area (Å²) in [5, 5.41) is 3.33. The van der Waals surface area contributed by atoms with Crippen LogP contribution in [0.4, 0.5) is 30.6 Å². The van der Waals surface area contributed by atoms with E-state index >= 15 is 0 Å². The van der Waals surface area contributed by atoms with Gasteiger partial charge < -0.3 is 16.0 Å². The van der Waals surface area contributed by atoms with Gasteiger partial charge in [-0.25, -0.2) is 4.98 Å². The molecular weight excluding hydrogens is 391 g/mol. The Kier molecular flexibility index (Phi) is 5.69. The van der Waals surface area contributed by atoms with Gasteiger partial charge in [0.1, 0.15) is 16.9 Å².